The van der Waals surface area contributed by atoms with Gasteiger partial charge in [-0.15, -0.1) is 11.3 Å². The van der Waals surface area contributed by atoms with Gasteiger partial charge in [-0.05, 0) is 42.9 Å². The molecular formula is C39H51N9O7S. The number of ketones is 2. The molecular weight excluding hydrogens is 739 g/mol. The third kappa shape index (κ3) is 13.3. The summed E-state index contributed by atoms with van der Waals surface area (Å²) in [6.07, 6.45) is 3.54. The second-order valence-corrected chi connectivity index (χ2v) is 14.9. The van der Waals surface area contributed by atoms with Crippen LogP contribution in [0.2, 0.25) is 0 Å². The number of fused-ring (bicyclic) bond motifs is 1. The molecule has 3 amide bonds. The molecule has 0 saturated carbocycles. The van der Waals surface area contributed by atoms with E-state index < -0.39 is 59.9 Å². The van der Waals surface area contributed by atoms with Crippen LogP contribution in [0.25, 0.3) is 10.2 Å². The van der Waals surface area contributed by atoms with Crippen molar-refractivity contribution < 1.29 is 33.8 Å². The number of para-hydroxylation sites is 1. The van der Waals surface area contributed by atoms with Crippen molar-refractivity contribution in [3.63, 3.8) is 0 Å². The van der Waals surface area contributed by atoms with Crippen molar-refractivity contribution in [3.05, 3.63) is 83.4 Å². The highest BCUT2D eigenvalue weighted by molar-refractivity contribution is 7.20. The van der Waals surface area contributed by atoms with Gasteiger partial charge in [0.2, 0.25) is 23.5 Å². The number of aliphatic hydroxyl groups excluding tert-OH is 1. The number of aliphatic hydroxyl groups is 1. The standard InChI is InChI=1S/C39H51N9O7S/c1-24(2)16-31(37(54)45-30(13-9-15-43-39(40)41)35(52)38-47-29-12-7-8-14-34(29)56-38)46-36(53)27(18-33(51)32(20-49)44-25(3)50)17-28-19-42-22-48(28)23-55-21-26-10-5-4-6-11-26/h4-8,10-12,14,19,22,24,27,30-32,49H,9,13,15-18,20-21,23H2,1-3H3,(H,44,50)(H,45,54)(H,46,53)(H4,40,41,43)/t27-,30+,31+,32+/m1/s1. The van der Waals surface area contributed by atoms with Gasteiger partial charge in [-0.2, -0.15) is 0 Å². The number of hydrogen-bond donors (Lipinski definition) is 6. The second-order valence-electron chi connectivity index (χ2n) is 13.9. The number of hydrogen-bond acceptors (Lipinski definition) is 11. The number of imidazole rings is 1. The summed E-state index contributed by atoms with van der Waals surface area (Å²) in [4.78, 5) is 80.0. The molecule has 0 bridgehead atoms. The minimum Gasteiger partial charge on any atom is -0.394 e. The molecule has 0 aliphatic rings. The van der Waals surface area contributed by atoms with Crippen molar-refractivity contribution in [2.45, 2.75) is 84.3 Å². The maximum atomic E-state index is 14.2. The maximum absolute atomic E-state index is 14.2. The van der Waals surface area contributed by atoms with Crippen LogP contribution in [0.1, 0.15) is 67.5 Å². The highest BCUT2D eigenvalue weighted by Crippen LogP contribution is 2.24. The maximum Gasteiger partial charge on any atom is 0.243 e. The zero-order chi connectivity index (χ0) is 40.6. The van der Waals surface area contributed by atoms with Crippen molar-refractivity contribution in [2.24, 2.45) is 28.3 Å². The lowest BCUT2D eigenvalue weighted by Gasteiger charge is -2.26. The minimum absolute atomic E-state index is 0.0179. The Morgan fingerprint density at radius 1 is 0.946 bits per heavy atom. The summed E-state index contributed by atoms with van der Waals surface area (Å²) in [5.41, 5.74) is 13.2. The molecule has 0 aliphatic carbocycles. The van der Waals surface area contributed by atoms with Gasteiger partial charge in [-0.3, -0.25) is 29.0 Å². The van der Waals surface area contributed by atoms with E-state index in [-0.39, 0.29) is 55.8 Å². The molecule has 2 aromatic carbocycles. The number of nitrogens with one attached hydrogen (secondary N) is 3. The molecule has 2 aromatic heterocycles. The highest BCUT2D eigenvalue weighted by atomic mass is 32.1. The Labute approximate surface area is 329 Å². The summed E-state index contributed by atoms with van der Waals surface area (Å²) in [6.45, 7) is 5.01. The molecule has 0 unspecified atom stereocenters. The van der Waals surface area contributed by atoms with Crippen LogP contribution >= 0.6 is 11.3 Å². The van der Waals surface area contributed by atoms with Crippen molar-refractivity contribution in [1.82, 2.24) is 30.5 Å². The number of nitrogens with two attached hydrogens (primary N) is 2. The summed E-state index contributed by atoms with van der Waals surface area (Å²) >= 11 is 1.22. The van der Waals surface area contributed by atoms with Gasteiger partial charge < -0.3 is 41.8 Å². The van der Waals surface area contributed by atoms with Crippen LogP contribution < -0.4 is 27.4 Å². The van der Waals surface area contributed by atoms with Crippen LogP contribution in [0, 0.1) is 11.8 Å². The van der Waals surface area contributed by atoms with Crippen molar-refractivity contribution in [3.8, 4) is 0 Å². The quantitative estimate of drug-likeness (QED) is 0.0275. The van der Waals surface area contributed by atoms with Crippen LogP contribution in [0.4, 0.5) is 0 Å². The monoisotopic (exact) mass is 789 g/mol. The first kappa shape index (κ1) is 43.2. The van der Waals surface area contributed by atoms with Crippen LogP contribution in [0.15, 0.2) is 72.1 Å². The number of ether oxygens (including phenoxy) is 1. The highest BCUT2D eigenvalue weighted by Gasteiger charge is 2.33. The smallest absolute Gasteiger partial charge is 0.243 e. The van der Waals surface area contributed by atoms with Gasteiger partial charge in [0, 0.05) is 38.2 Å². The number of thiazole rings is 1. The number of benzene rings is 2. The Kier molecular flexibility index (Phi) is 16.6. The lowest BCUT2D eigenvalue weighted by molar-refractivity contribution is -0.134. The van der Waals surface area contributed by atoms with Crippen LogP contribution in [0.5, 0.6) is 0 Å². The molecule has 8 N–H and O–H groups in total. The van der Waals surface area contributed by atoms with E-state index in [1.807, 2.05) is 62.4 Å². The van der Waals surface area contributed by atoms with Crippen LogP contribution in [-0.4, -0.2) is 86.2 Å². The number of guanidine groups is 1. The molecule has 2 heterocycles. The molecule has 0 aliphatic heterocycles. The molecule has 0 radical (unpaired) electrons. The number of aromatic nitrogens is 3. The Morgan fingerprint density at radius 3 is 2.34 bits per heavy atom. The van der Waals surface area contributed by atoms with E-state index in [2.05, 4.69) is 30.9 Å². The lowest BCUT2D eigenvalue weighted by Crippen LogP contribution is -2.53. The van der Waals surface area contributed by atoms with E-state index in [9.17, 15) is 29.1 Å². The number of Topliss-reactive ketones (excluding diaryl/α,β-unsaturated/α-hetero) is 2. The summed E-state index contributed by atoms with van der Waals surface area (Å²) in [5, 5.41) is 18.2. The Hall–Kier alpha value is -5.52. The summed E-state index contributed by atoms with van der Waals surface area (Å²) in [7, 11) is 0. The first-order chi connectivity index (χ1) is 26.8. The largest absolute Gasteiger partial charge is 0.394 e. The van der Waals surface area contributed by atoms with Gasteiger partial charge in [0.05, 0.1) is 41.7 Å². The topological polar surface area (TPSA) is 246 Å². The van der Waals surface area contributed by atoms with Gasteiger partial charge in [0.1, 0.15) is 18.8 Å². The van der Waals surface area contributed by atoms with E-state index in [0.717, 1.165) is 10.3 Å². The average molecular weight is 790 g/mol. The number of nitrogens with zero attached hydrogens (tertiary/aromatic N) is 4. The zero-order valence-electron chi connectivity index (χ0n) is 31.9. The van der Waals surface area contributed by atoms with E-state index >= 15 is 0 Å². The van der Waals surface area contributed by atoms with Crippen LogP contribution in [0.3, 0.4) is 0 Å². The number of carbonyl (C=O) groups is 5. The van der Waals surface area contributed by atoms with Gasteiger partial charge in [0.25, 0.3) is 0 Å². The summed E-state index contributed by atoms with van der Waals surface area (Å²) in [6, 6.07) is 13.6. The SMILES string of the molecule is CC(=O)N[C@@H](CO)C(=O)C[C@@H](Cc1cncn1COCc1ccccc1)C(=O)N[C@@H](CC(C)C)C(=O)N[C@@H](CCCN=C(N)N)C(=O)c1nc2ccccc2s1. The molecule has 0 spiro atoms. The third-order valence-electron chi connectivity index (χ3n) is 8.79. The van der Waals surface area contributed by atoms with Gasteiger partial charge in [-0.25, -0.2) is 9.97 Å². The number of carbonyl (C=O) groups excluding carboxylic acids is 5. The first-order valence-corrected chi connectivity index (χ1v) is 19.2. The van der Waals surface area contributed by atoms with E-state index in [1.165, 1.54) is 18.3 Å². The van der Waals surface area contributed by atoms with Gasteiger partial charge >= 0.3 is 0 Å². The van der Waals surface area contributed by atoms with Crippen molar-refractivity contribution >= 4 is 56.8 Å². The molecule has 17 heteroatoms. The Balaban J connectivity index is 1.56. The third-order valence-corrected chi connectivity index (χ3v) is 9.84. The molecule has 56 heavy (non-hydrogen) atoms. The fourth-order valence-electron chi connectivity index (χ4n) is 6.00. The normalized spacial score (nSPS) is 13.4. The van der Waals surface area contributed by atoms with Crippen molar-refractivity contribution in [1.29, 1.82) is 0 Å². The Morgan fingerprint density at radius 2 is 1.66 bits per heavy atom. The van der Waals surface area contributed by atoms with Crippen LogP contribution in [-0.2, 0) is 43.7 Å². The summed E-state index contributed by atoms with van der Waals surface area (Å²) < 4.78 is 8.42. The Bertz CT molecular complexity index is 1930. The average Bonchev–Trinajstić information content (AvgIpc) is 3.81. The van der Waals surface area contributed by atoms with Gasteiger partial charge in [0.15, 0.2) is 16.8 Å². The summed E-state index contributed by atoms with van der Waals surface area (Å²) in [5.74, 6) is -3.89. The molecule has 300 valence electrons. The van der Waals surface area contributed by atoms with E-state index in [1.54, 1.807) is 23.2 Å². The van der Waals surface area contributed by atoms with E-state index in [0.29, 0.717) is 24.2 Å². The molecule has 0 saturated heterocycles. The fourth-order valence-corrected chi connectivity index (χ4v) is 6.96. The van der Waals surface area contributed by atoms with E-state index in [4.69, 9.17) is 16.2 Å². The molecule has 4 atom stereocenters. The van der Waals surface area contributed by atoms with Crippen molar-refractivity contribution in [2.75, 3.05) is 13.2 Å². The fraction of sp³-hybridized carbons (Fsp3) is 0.436. The predicted octanol–water partition coefficient (Wildman–Crippen LogP) is 2.23. The number of amides is 3. The first-order valence-electron chi connectivity index (χ1n) is 18.4. The lowest BCUT2D eigenvalue weighted by atomic mass is 9.92. The molecule has 4 rings (SSSR count). The number of rotatable bonds is 23. The van der Waals surface area contributed by atoms with Gasteiger partial charge in [-0.1, -0.05) is 56.3 Å². The molecule has 4 aromatic rings. The minimum atomic E-state index is -1.23. The molecule has 0 fully saturated rings. The zero-order valence-corrected chi connectivity index (χ0v) is 32.7. The second kappa shape index (κ2) is 21.5. The molecule has 16 nitrogen and oxygen atoms in total. The predicted molar refractivity (Wildman–Crippen MR) is 212 cm³/mol. The number of aliphatic imine (C=N–C) groups is 1.